The Morgan fingerprint density at radius 2 is 2.19 bits per heavy atom. The zero-order valence-corrected chi connectivity index (χ0v) is 12.7. The van der Waals surface area contributed by atoms with Crippen LogP contribution in [0.1, 0.15) is 23.4 Å². The van der Waals surface area contributed by atoms with E-state index in [0.717, 1.165) is 11.4 Å². The van der Waals surface area contributed by atoms with Crippen molar-refractivity contribution in [3.05, 3.63) is 47.0 Å². The molecule has 0 aliphatic carbocycles. The van der Waals surface area contributed by atoms with Crippen LogP contribution in [0.15, 0.2) is 24.3 Å². The Morgan fingerprint density at radius 3 is 2.86 bits per heavy atom. The molecule has 0 saturated carbocycles. The highest BCUT2D eigenvalue weighted by Crippen LogP contribution is 2.20. The molecular weight excluding hydrogens is 291 g/mol. The van der Waals surface area contributed by atoms with E-state index in [4.69, 9.17) is 16.3 Å². The summed E-state index contributed by atoms with van der Waals surface area (Å²) in [6.45, 7) is 2.16. The van der Waals surface area contributed by atoms with Crippen molar-refractivity contribution in [2.75, 3.05) is 5.88 Å². The molecule has 110 valence electrons. The fourth-order valence-corrected chi connectivity index (χ4v) is 1.95. The van der Waals surface area contributed by atoms with Crippen LogP contribution in [0.3, 0.4) is 0 Å². The van der Waals surface area contributed by atoms with Crippen molar-refractivity contribution in [3.8, 4) is 17.6 Å². The molecule has 5 heteroatoms. The highest BCUT2D eigenvalue weighted by molar-refractivity contribution is 6.18. The van der Waals surface area contributed by atoms with Crippen molar-refractivity contribution in [3.63, 3.8) is 0 Å². The van der Waals surface area contributed by atoms with Crippen molar-refractivity contribution in [2.24, 2.45) is 7.05 Å². The first kappa shape index (κ1) is 15.4. The molecule has 0 unspecified atom stereocenters. The van der Waals surface area contributed by atoms with E-state index >= 15 is 0 Å². The van der Waals surface area contributed by atoms with Gasteiger partial charge in [-0.15, -0.1) is 11.6 Å². The fourth-order valence-electron chi connectivity index (χ4n) is 1.85. The summed E-state index contributed by atoms with van der Waals surface area (Å²) in [5, 5.41) is 4.22. The maximum absolute atomic E-state index is 13.7. The summed E-state index contributed by atoms with van der Waals surface area (Å²) in [4.78, 5) is 0. The minimum atomic E-state index is -0.406. The Hall–Kier alpha value is -1.99. The number of nitrogens with zero attached hydrogens (tertiary/aromatic N) is 2. The zero-order chi connectivity index (χ0) is 15.2. The number of alkyl halides is 1. The molecule has 0 aliphatic rings. The normalized spacial score (nSPS) is 10.1. The van der Waals surface area contributed by atoms with Gasteiger partial charge < -0.3 is 4.74 Å². The lowest BCUT2D eigenvalue weighted by Crippen LogP contribution is -2.04. The summed E-state index contributed by atoms with van der Waals surface area (Å²) >= 11 is 5.56. The lowest BCUT2D eigenvalue weighted by Gasteiger charge is -2.07. The van der Waals surface area contributed by atoms with Gasteiger partial charge in [-0.3, -0.25) is 4.68 Å². The molecule has 0 N–H and O–H groups in total. The minimum absolute atomic E-state index is 0.187. The second-order valence-electron chi connectivity index (χ2n) is 4.58. The van der Waals surface area contributed by atoms with E-state index in [2.05, 4.69) is 16.9 Å². The van der Waals surface area contributed by atoms with E-state index < -0.39 is 5.82 Å². The largest absolute Gasteiger partial charge is 0.484 e. The Bertz CT molecular complexity index is 685. The predicted molar refractivity (Wildman–Crippen MR) is 80.9 cm³/mol. The molecule has 1 heterocycles. The molecule has 0 amide bonds. The van der Waals surface area contributed by atoms with E-state index in [9.17, 15) is 4.39 Å². The lowest BCUT2D eigenvalue weighted by atomic mass is 10.2. The van der Waals surface area contributed by atoms with E-state index in [-0.39, 0.29) is 12.4 Å². The molecule has 0 atom stereocenters. The summed E-state index contributed by atoms with van der Waals surface area (Å²) in [6, 6.07) is 6.48. The van der Waals surface area contributed by atoms with E-state index in [1.54, 1.807) is 16.8 Å². The van der Waals surface area contributed by atoms with Gasteiger partial charge in [-0.25, -0.2) is 4.39 Å². The average molecular weight is 307 g/mol. The molecule has 0 spiro atoms. The number of ether oxygens (including phenoxy) is 1. The van der Waals surface area contributed by atoms with Crippen molar-refractivity contribution in [2.45, 2.75) is 20.0 Å². The van der Waals surface area contributed by atoms with Crippen LogP contribution in [0.5, 0.6) is 5.75 Å². The van der Waals surface area contributed by atoms with Crippen LogP contribution in [0.25, 0.3) is 0 Å². The van der Waals surface area contributed by atoms with Crippen LogP contribution < -0.4 is 4.74 Å². The Kier molecular flexibility index (Phi) is 5.24. The Morgan fingerprint density at radius 1 is 1.38 bits per heavy atom. The average Bonchev–Trinajstić information content (AvgIpc) is 2.77. The van der Waals surface area contributed by atoms with E-state index in [1.807, 2.05) is 20.0 Å². The molecule has 3 nitrogen and oxygen atoms in total. The van der Waals surface area contributed by atoms with Gasteiger partial charge in [0.15, 0.2) is 11.6 Å². The van der Waals surface area contributed by atoms with Gasteiger partial charge in [-0.1, -0.05) is 11.8 Å². The van der Waals surface area contributed by atoms with E-state index in [0.29, 0.717) is 17.9 Å². The van der Waals surface area contributed by atoms with Crippen LogP contribution in [0.4, 0.5) is 4.39 Å². The van der Waals surface area contributed by atoms with Gasteiger partial charge in [0, 0.05) is 24.9 Å². The monoisotopic (exact) mass is 306 g/mol. The first-order valence-electron chi connectivity index (χ1n) is 6.57. The minimum Gasteiger partial charge on any atom is -0.484 e. The second kappa shape index (κ2) is 7.14. The molecule has 0 saturated heterocycles. The molecule has 2 aromatic rings. The van der Waals surface area contributed by atoms with Crippen molar-refractivity contribution < 1.29 is 9.13 Å². The summed E-state index contributed by atoms with van der Waals surface area (Å²) in [6.07, 6.45) is 0.601. The molecule has 0 fully saturated rings. The summed E-state index contributed by atoms with van der Waals surface area (Å²) < 4.78 is 21.0. The quantitative estimate of drug-likeness (QED) is 0.639. The number of aromatic nitrogens is 2. The first-order chi connectivity index (χ1) is 10.1. The molecule has 21 heavy (non-hydrogen) atoms. The van der Waals surface area contributed by atoms with Gasteiger partial charge in [0.05, 0.1) is 11.4 Å². The SMILES string of the molecule is Cc1cc(COc2cc(C#CCCCl)ccc2F)n(C)n1. The van der Waals surface area contributed by atoms with Gasteiger partial charge in [0.25, 0.3) is 0 Å². The van der Waals surface area contributed by atoms with Crippen molar-refractivity contribution in [1.29, 1.82) is 0 Å². The third kappa shape index (κ3) is 4.24. The van der Waals surface area contributed by atoms with Crippen molar-refractivity contribution >= 4 is 11.6 Å². The number of halogens is 2. The van der Waals surface area contributed by atoms with Crippen LogP contribution in [-0.4, -0.2) is 15.7 Å². The summed E-state index contributed by atoms with van der Waals surface area (Å²) in [5.41, 5.74) is 2.49. The Labute approximate surface area is 128 Å². The molecule has 1 aromatic carbocycles. The highest BCUT2D eigenvalue weighted by atomic mass is 35.5. The Balaban J connectivity index is 2.10. The molecular formula is C16H16ClFN2O. The maximum Gasteiger partial charge on any atom is 0.165 e. The third-order valence-electron chi connectivity index (χ3n) is 2.86. The van der Waals surface area contributed by atoms with Gasteiger partial charge in [-0.2, -0.15) is 5.10 Å². The lowest BCUT2D eigenvalue weighted by molar-refractivity contribution is 0.280. The van der Waals surface area contributed by atoms with Crippen molar-refractivity contribution in [1.82, 2.24) is 9.78 Å². The van der Waals surface area contributed by atoms with Gasteiger partial charge in [0.2, 0.25) is 0 Å². The number of hydrogen-bond acceptors (Lipinski definition) is 2. The molecule has 0 aliphatic heterocycles. The third-order valence-corrected chi connectivity index (χ3v) is 3.05. The van der Waals surface area contributed by atoms with Gasteiger partial charge in [-0.05, 0) is 31.2 Å². The van der Waals surface area contributed by atoms with Gasteiger partial charge >= 0.3 is 0 Å². The van der Waals surface area contributed by atoms with Crippen LogP contribution in [0, 0.1) is 24.6 Å². The fraction of sp³-hybridized carbons (Fsp3) is 0.312. The standard InChI is InChI=1S/C16H16ClFN2O/c1-12-9-14(20(2)19-12)11-21-16-10-13(5-3-4-8-17)6-7-15(16)18/h6-7,9-10H,4,8,11H2,1-2H3. The molecule has 0 bridgehead atoms. The number of benzene rings is 1. The zero-order valence-electron chi connectivity index (χ0n) is 12.0. The molecule has 0 radical (unpaired) electrons. The second-order valence-corrected chi connectivity index (χ2v) is 4.95. The number of hydrogen-bond donors (Lipinski definition) is 0. The van der Waals surface area contributed by atoms with Crippen LogP contribution in [0.2, 0.25) is 0 Å². The number of aryl methyl sites for hydroxylation is 2. The van der Waals surface area contributed by atoms with E-state index in [1.165, 1.54) is 6.07 Å². The summed E-state index contributed by atoms with van der Waals surface area (Å²) in [7, 11) is 1.83. The van der Waals surface area contributed by atoms with Crippen LogP contribution in [-0.2, 0) is 13.7 Å². The maximum atomic E-state index is 13.7. The summed E-state index contributed by atoms with van der Waals surface area (Å²) in [5.74, 6) is 6.10. The smallest absolute Gasteiger partial charge is 0.165 e. The molecule has 1 aromatic heterocycles. The molecule has 2 rings (SSSR count). The van der Waals surface area contributed by atoms with Crippen LogP contribution >= 0.6 is 11.6 Å². The van der Waals surface area contributed by atoms with Gasteiger partial charge in [0.1, 0.15) is 6.61 Å². The number of rotatable bonds is 4. The predicted octanol–water partition coefficient (Wildman–Crippen LogP) is 3.43. The first-order valence-corrected chi connectivity index (χ1v) is 7.10. The highest BCUT2D eigenvalue weighted by Gasteiger charge is 2.07. The topological polar surface area (TPSA) is 27.1 Å².